The average molecular weight is 563 g/mol. The summed E-state index contributed by atoms with van der Waals surface area (Å²) in [5.74, 6) is 3.03. The summed E-state index contributed by atoms with van der Waals surface area (Å²) in [4.78, 5) is 47.0. The predicted octanol–water partition coefficient (Wildman–Crippen LogP) is 3.82. The number of nitrogens with zero attached hydrogens (tertiary/aromatic N) is 2. The largest absolute Gasteiger partial charge is 0.481 e. The molecule has 2 atom stereocenters. The second-order valence-electron chi connectivity index (χ2n) is 10.1. The van der Waals surface area contributed by atoms with Gasteiger partial charge in [0.05, 0.1) is 12.1 Å². The third kappa shape index (κ3) is 10.7. The van der Waals surface area contributed by atoms with Gasteiger partial charge in [-0.3, -0.25) is 9.79 Å². The zero-order valence-electron chi connectivity index (χ0n) is 23.4. The first-order valence-corrected chi connectivity index (χ1v) is 13.7. The molecule has 1 aliphatic heterocycles. The number of carbonyl (C=O) groups is 2. The molecule has 1 aliphatic rings. The van der Waals surface area contributed by atoms with Gasteiger partial charge in [-0.15, -0.1) is 18.2 Å². The molecular weight excluding hydrogens is 524 g/mol. The van der Waals surface area contributed by atoms with Crippen LogP contribution in [0.5, 0.6) is 5.75 Å². The molecule has 1 unspecified atom stereocenters. The zero-order valence-corrected chi connectivity index (χ0v) is 24.2. The quantitative estimate of drug-likeness (QED) is 0.160. The number of alkyl carbamates (subject to hydrolysis) is 1. The summed E-state index contributed by atoms with van der Waals surface area (Å²) < 4.78 is 15.9. The van der Waals surface area contributed by atoms with E-state index in [1.807, 2.05) is 6.92 Å². The highest BCUT2D eigenvalue weighted by molar-refractivity contribution is 8.16. The van der Waals surface area contributed by atoms with Gasteiger partial charge in [-0.05, 0) is 41.0 Å². The molecule has 0 aliphatic carbocycles. The molecular formula is C27H38N4O7S. The smallest absolute Gasteiger partial charge is 0.407 e. The van der Waals surface area contributed by atoms with E-state index in [2.05, 4.69) is 26.7 Å². The van der Waals surface area contributed by atoms with Crippen molar-refractivity contribution in [2.45, 2.75) is 78.0 Å². The van der Waals surface area contributed by atoms with Crippen molar-refractivity contribution in [3.8, 4) is 18.1 Å². The summed E-state index contributed by atoms with van der Waals surface area (Å²) in [6, 6.07) is 2.23. The Labute approximate surface area is 233 Å². The fourth-order valence-electron chi connectivity index (χ4n) is 3.36. The van der Waals surface area contributed by atoms with Gasteiger partial charge in [0.2, 0.25) is 5.91 Å². The van der Waals surface area contributed by atoms with Crippen molar-refractivity contribution >= 4 is 34.5 Å². The molecule has 2 N–H and O–H groups in total. The molecule has 0 saturated heterocycles. The van der Waals surface area contributed by atoms with E-state index >= 15 is 0 Å². The topological polar surface area (TPSA) is 141 Å². The summed E-state index contributed by atoms with van der Waals surface area (Å²) >= 11 is 1.41. The highest BCUT2D eigenvalue weighted by Crippen LogP contribution is 2.30. The van der Waals surface area contributed by atoms with Gasteiger partial charge in [-0.25, -0.2) is 9.59 Å². The average Bonchev–Trinajstić information content (AvgIpc) is 3.26. The third-order valence-electron chi connectivity index (χ3n) is 5.23. The molecule has 1 aromatic heterocycles. The minimum Gasteiger partial charge on any atom is -0.481 e. The fourth-order valence-corrected chi connectivity index (χ4v) is 4.49. The molecule has 39 heavy (non-hydrogen) atoms. The highest BCUT2D eigenvalue weighted by Gasteiger charge is 2.40. The van der Waals surface area contributed by atoms with Gasteiger partial charge in [0, 0.05) is 24.8 Å². The lowest BCUT2D eigenvalue weighted by Gasteiger charge is -2.24. The molecule has 2 heterocycles. The van der Waals surface area contributed by atoms with E-state index in [9.17, 15) is 14.4 Å². The first-order chi connectivity index (χ1) is 18.4. The molecule has 12 heteroatoms. The van der Waals surface area contributed by atoms with Crippen molar-refractivity contribution in [3.05, 3.63) is 28.3 Å². The molecule has 11 nitrogen and oxygen atoms in total. The lowest BCUT2D eigenvalue weighted by atomic mass is 10.0. The van der Waals surface area contributed by atoms with E-state index < -0.39 is 28.9 Å². The minimum atomic E-state index is -1.04. The number of thioether (sulfide) groups is 1. The maximum absolute atomic E-state index is 13.3. The van der Waals surface area contributed by atoms with Crippen LogP contribution in [-0.2, 0) is 14.4 Å². The van der Waals surface area contributed by atoms with Gasteiger partial charge in [-0.2, -0.15) is 0 Å². The summed E-state index contributed by atoms with van der Waals surface area (Å²) in [5, 5.41) is 10.3. The zero-order chi connectivity index (χ0) is 29.1. The molecule has 0 spiro atoms. The van der Waals surface area contributed by atoms with Crippen LogP contribution in [0.25, 0.3) is 0 Å². The van der Waals surface area contributed by atoms with Crippen LogP contribution in [0.3, 0.4) is 0 Å². The molecule has 0 fully saturated rings. The lowest BCUT2D eigenvalue weighted by molar-refractivity contribution is -0.125. The van der Waals surface area contributed by atoms with E-state index in [0.717, 1.165) is 6.42 Å². The van der Waals surface area contributed by atoms with Gasteiger partial charge in [0.1, 0.15) is 46.6 Å². The summed E-state index contributed by atoms with van der Waals surface area (Å²) in [7, 11) is 0. The molecule has 0 aromatic carbocycles. The standard InChI is InChI=1S/C27H38N4O7S/c1-8-11-20(21-15-19(35-13-9-2)16-22(32)37-21)29-24(33)27(7)17-39-23(30-27)18(3)31-36-14-10-12-28-25(34)38-26(4,5)6/h2,15-16,20H,8,10-14,17H2,1,3-7H3,(H,28,34)(H,29,33)/b31-18+/t20-,27?/m1/s1. The SMILES string of the molecule is C#CCOc1cc([C@@H](CCC)NC(=O)C2(C)CSC(/C(C)=N/OCCCNC(=O)OC(C)(C)C)=N2)oc(=O)c1. The van der Waals surface area contributed by atoms with Crippen LogP contribution in [0.4, 0.5) is 4.79 Å². The number of aliphatic imine (C=N–C) groups is 1. The van der Waals surface area contributed by atoms with Gasteiger partial charge in [-0.1, -0.05) is 24.4 Å². The van der Waals surface area contributed by atoms with Crippen LogP contribution in [-0.4, -0.2) is 59.4 Å². The maximum atomic E-state index is 13.3. The Kier molecular flexibility index (Phi) is 11.9. The van der Waals surface area contributed by atoms with E-state index in [1.54, 1.807) is 40.7 Å². The molecule has 0 saturated carbocycles. The Balaban J connectivity index is 1.96. The van der Waals surface area contributed by atoms with Crippen molar-refractivity contribution in [1.82, 2.24) is 10.6 Å². The second-order valence-corrected chi connectivity index (χ2v) is 11.1. The van der Waals surface area contributed by atoms with E-state index in [4.69, 9.17) is 25.2 Å². The van der Waals surface area contributed by atoms with Crippen LogP contribution < -0.4 is 21.0 Å². The van der Waals surface area contributed by atoms with Crippen LogP contribution in [0, 0.1) is 12.3 Å². The fraction of sp³-hybridized carbons (Fsp3) is 0.593. The Hall–Kier alpha value is -3.46. The van der Waals surface area contributed by atoms with Gasteiger partial charge >= 0.3 is 11.7 Å². The number of terminal acetylenes is 1. The first kappa shape index (κ1) is 31.8. The van der Waals surface area contributed by atoms with Crippen molar-refractivity contribution in [1.29, 1.82) is 0 Å². The van der Waals surface area contributed by atoms with Crippen LogP contribution in [0.15, 0.2) is 31.5 Å². The van der Waals surface area contributed by atoms with Crippen LogP contribution >= 0.6 is 11.8 Å². The summed E-state index contributed by atoms with van der Waals surface area (Å²) in [6.45, 7) is 11.5. The molecule has 1 aromatic rings. The van der Waals surface area contributed by atoms with E-state index in [0.29, 0.717) is 35.9 Å². The first-order valence-electron chi connectivity index (χ1n) is 12.8. The van der Waals surface area contributed by atoms with Gasteiger partial charge in [0.15, 0.2) is 0 Å². The van der Waals surface area contributed by atoms with E-state index in [-0.39, 0.29) is 30.6 Å². The number of carbonyl (C=O) groups excluding carboxylic acids is 2. The highest BCUT2D eigenvalue weighted by atomic mass is 32.2. The molecule has 2 rings (SSSR count). The number of ether oxygens (including phenoxy) is 2. The van der Waals surface area contributed by atoms with Crippen LogP contribution in [0.2, 0.25) is 0 Å². The Bertz CT molecular complexity index is 1170. The summed E-state index contributed by atoms with van der Waals surface area (Å²) in [5.41, 5.74) is -1.64. The lowest BCUT2D eigenvalue weighted by Crippen LogP contribution is -2.45. The van der Waals surface area contributed by atoms with Gasteiger partial charge < -0.3 is 29.4 Å². The third-order valence-corrected chi connectivity index (χ3v) is 6.60. The molecule has 2 amide bonds. The Morgan fingerprint density at radius 1 is 1.36 bits per heavy atom. The second kappa shape index (κ2) is 14.6. The number of amides is 2. The van der Waals surface area contributed by atoms with Crippen LogP contribution in [0.1, 0.15) is 72.6 Å². The molecule has 214 valence electrons. The monoisotopic (exact) mass is 562 g/mol. The number of rotatable bonds is 13. The Morgan fingerprint density at radius 3 is 2.77 bits per heavy atom. The number of oxime groups is 1. The number of nitrogens with one attached hydrogen (secondary N) is 2. The van der Waals surface area contributed by atoms with Crippen molar-refractivity contribution in [2.75, 3.05) is 25.5 Å². The minimum absolute atomic E-state index is 0.00801. The van der Waals surface area contributed by atoms with Crippen molar-refractivity contribution < 1.29 is 28.3 Å². The molecule has 0 bridgehead atoms. The summed E-state index contributed by atoms with van der Waals surface area (Å²) in [6.07, 6.45) is 6.58. The maximum Gasteiger partial charge on any atom is 0.407 e. The Morgan fingerprint density at radius 2 is 2.10 bits per heavy atom. The number of hydrogen-bond donors (Lipinski definition) is 2. The van der Waals surface area contributed by atoms with Crippen molar-refractivity contribution in [3.63, 3.8) is 0 Å². The van der Waals surface area contributed by atoms with Gasteiger partial charge in [0.25, 0.3) is 0 Å². The number of hydrogen-bond acceptors (Lipinski definition) is 10. The van der Waals surface area contributed by atoms with Crippen molar-refractivity contribution in [2.24, 2.45) is 10.1 Å². The predicted molar refractivity (Wildman–Crippen MR) is 151 cm³/mol. The normalized spacial score (nSPS) is 18.0. The van der Waals surface area contributed by atoms with E-state index in [1.165, 1.54) is 17.8 Å². The molecule has 0 radical (unpaired) electrons.